The molecule has 0 atom stereocenters. The average molecular weight is 455 g/mol. The molecule has 5 rings (SSSR count). The third-order valence-corrected chi connectivity index (χ3v) is 5.26. The van der Waals surface area contributed by atoms with Crippen LogP contribution in [0.1, 0.15) is 19.4 Å². The molecule has 1 N–H and O–H groups in total. The minimum atomic E-state index is -0.424. The van der Waals surface area contributed by atoms with Gasteiger partial charge in [-0.25, -0.2) is 9.07 Å². The van der Waals surface area contributed by atoms with Crippen molar-refractivity contribution in [3.63, 3.8) is 0 Å². The maximum atomic E-state index is 14.6. The Hall–Kier alpha value is -4.24. The van der Waals surface area contributed by atoms with Crippen LogP contribution in [0.2, 0.25) is 0 Å². The van der Waals surface area contributed by atoms with Crippen molar-refractivity contribution >= 4 is 0 Å². The van der Waals surface area contributed by atoms with Crippen LogP contribution in [0, 0.1) is 5.82 Å². The van der Waals surface area contributed by atoms with Crippen molar-refractivity contribution in [3.8, 4) is 39.9 Å². The summed E-state index contributed by atoms with van der Waals surface area (Å²) in [6, 6.07) is 18.3. The van der Waals surface area contributed by atoms with Crippen LogP contribution in [0.3, 0.4) is 0 Å². The Bertz CT molecular complexity index is 1390. The minimum Gasteiger partial charge on any atom is -0.332 e. The van der Waals surface area contributed by atoms with Crippen LogP contribution >= 0.6 is 0 Å². The van der Waals surface area contributed by atoms with Crippen LogP contribution in [-0.4, -0.2) is 36.2 Å². The monoisotopic (exact) mass is 455 g/mol. The summed E-state index contributed by atoms with van der Waals surface area (Å²) in [5.41, 5.74) is 3.85. The van der Waals surface area contributed by atoms with Gasteiger partial charge in [-0.15, -0.1) is 5.10 Å². The number of nitrogens with one attached hydrogen (secondary N) is 1. The number of pyridine rings is 1. The van der Waals surface area contributed by atoms with E-state index in [1.54, 1.807) is 42.7 Å². The van der Waals surface area contributed by atoms with Crippen molar-refractivity contribution in [2.75, 3.05) is 0 Å². The number of halogens is 1. The predicted molar refractivity (Wildman–Crippen MR) is 125 cm³/mol. The van der Waals surface area contributed by atoms with Gasteiger partial charge in [-0.2, -0.15) is 4.98 Å². The van der Waals surface area contributed by atoms with Crippen LogP contribution in [0.5, 0.6) is 0 Å². The molecule has 5 aromatic rings. The molecule has 0 unspecified atom stereocenters. The van der Waals surface area contributed by atoms with Crippen LogP contribution in [0.25, 0.3) is 39.9 Å². The highest BCUT2D eigenvalue weighted by Gasteiger charge is 2.24. The molecule has 170 valence electrons. The molecule has 3 aromatic heterocycles. The van der Waals surface area contributed by atoms with Crippen LogP contribution in [0.4, 0.5) is 4.39 Å². The number of hydrogen-bond acceptors (Lipinski definition) is 7. The predicted octanol–water partition coefficient (Wildman–Crippen LogP) is 4.68. The van der Waals surface area contributed by atoms with E-state index in [0.29, 0.717) is 23.3 Å². The van der Waals surface area contributed by atoms with Crippen molar-refractivity contribution in [2.24, 2.45) is 0 Å². The smallest absolute Gasteiger partial charge is 0.281 e. The molecule has 0 radical (unpaired) electrons. The van der Waals surface area contributed by atoms with Gasteiger partial charge in [0.2, 0.25) is 5.82 Å². The molecule has 0 bridgehead atoms. The number of hydrogen-bond donors (Lipinski definition) is 1. The van der Waals surface area contributed by atoms with Crippen molar-refractivity contribution in [1.29, 1.82) is 0 Å². The van der Waals surface area contributed by atoms with E-state index in [-0.39, 0.29) is 11.6 Å². The zero-order valence-electron chi connectivity index (χ0n) is 18.7. The summed E-state index contributed by atoms with van der Waals surface area (Å²) in [6.07, 6.45) is 3.29. The fraction of sp³-hybridized carbons (Fsp3) is 0.160. The van der Waals surface area contributed by atoms with E-state index in [4.69, 9.17) is 4.52 Å². The summed E-state index contributed by atoms with van der Waals surface area (Å²) in [5.74, 6) is 0.196. The molecule has 0 saturated carbocycles. The van der Waals surface area contributed by atoms with E-state index < -0.39 is 5.82 Å². The van der Waals surface area contributed by atoms with Gasteiger partial charge in [0.1, 0.15) is 17.2 Å². The zero-order chi connectivity index (χ0) is 23.5. The van der Waals surface area contributed by atoms with Gasteiger partial charge in [-0.3, -0.25) is 4.98 Å². The highest BCUT2D eigenvalue weighted by molar-refractivity contribution is 5.76. The maximum Gasteiger partial charge on any atom is 0.281 e. The first-order valence-electron chi connectivity index (χ1n) is 10.9. The van der Waals surface area contributed by atoms with Crippen LogP contribution in [-0.2, 0) is 6.54 Å². The Morgan fingerprint density at radius 2 is 1.74 bits per heavy atom. The van der Waals surface area contributed by atoms with Crippen LogP contribution in [0.15, 0.2) is 77.6 Å². The Labute approximate surface area is 195 Å². The Morgan fingerprint density at radius 3 is 2.47 bits per heavy atom. The molecule has 34 heavy (non-hydrogen) atoms. The van der Waals surface area contributed by atoms with Gasteiger partial charge >= 0.3 is 0 Å². The lowest BCUT2D eigenvalue weighted by molar-refractivity contribution is 0.431. The van der Waals surface area contributed by atoms with Gasteiger partial charge in [0.05, 0.1) is 0 Å². The van der Waals surface area contributed by atoms with Gasteiger partial charge in [0, 0.05) is 36.1 Å². The second-order valence-electron chi connectivity index (χ2n) is 8.04. The molecule has 8 nitrogen and oxygen atoms in total. The summed E-state index contributed by atoms with van der Waals surface area (Å²) < 4.78 is 21.6. The average Bonchev–Trinajstić information content (AvgIpc) is 3.51. The number of para-hydroxylation sites is 1. The van der Waals surface area contributed by atoms with Crippen molar-refractivity contribution in [2.45, 2.75) is 26.4 Å². The molecule has 0 spiro atoms. The fourth-order valence-electron chi connectivity index (χ4n) is 3.52. The lowest BCUT2D eigenvalue weighted by Crippen LogP contribution is -2.21. The van der Waals surface area contributed by atoms with Gasteiger partial charge < -0.3 is 9.84 Å². The minimum absolute atomic E-state index is 0.190. The number of rotatable bonds is 7. The molecular formula is C25H22FN7O. The number of benzene rings is 2. The highest BCUT2D eigenvalue weighted by Crippen LogP contribution is 2.32. The Kier molecular flexibility index (Phi) is 5.92. The number of nitrogens with zero attached hydrogens (tertiary/aromatic N) is 6. The second kappa shape index (κ2) is 9.32. The van der Waals surface area contributed by atoms with Crippen molar-refractivity contribution < 1.29 is 8.91 Å². The van der Waals surface area contributed by atoms with Gasteiger partial charge in [-0.05, 0) is 29.8 Å². The third-order valence-electron chi connectivity index (χ3n) is 5.26. The van der Waals surface area contributed by atoms with Gasteiger partial charge in [-0.1, -0.05) is 60.6 Å². The lowest BCUT2D eigenvalue weighted by atomic mass is 10.1. The second-order valence-corrected chi connectivity index (χ2v) is 8.04. The molecule has 0 aliphatic carbocycles. The zero-order valence-corrected chi connectivity index (χ0v) is 18.7. The van der Waals surface area contributed by atoms with Gasteiger partial charge in [0.15, 0.2) is 5.69 Å². The molecule has 0 saturated heterocycles. The summed E-state index contributed by atoms with van der Waals surface area (Å²) in [5, 5.41) is 16.0. The lowest BCUT2D eigenvalue weighted by Gasteiger charge is -2.08. The molecule has 0 aliphatic heterocycles. The molecule has 3 heterocycles. The Morgan fingerprint density at radius 1 is 0.971 bits per heavy atom. The first-order valence-corrected chi connectivity index (χ1v) is 10.9. The first-order chi connectivity index (χ1) is 16.6. The van der Waals surface area contributed by atoms with E-state index in [2.05, 4.69) is 44.6 Å². The summed E-state index contributed by atoms with van der Waals surface area (Å²) in [7, 11) is 0. The summed E-state index contributed by atoms with van der Waals surface area (Å²) >= 11 is 0. The molecule has 9 heteroatoms. The van der Waals surface area contributed by atoms with Crippen LogP contribution < -0.4 is 5.32 Å². The van der Waals surface area contributed by atoms with E-state index in [1.807, 2.05) is 24.3 Å². The first kappa shape index (κ1) is 21.6. The SMILES string of the molecule is CC(C)NCc1ccc(-c2noc(-c3nnn(-c4ccccc4F)c3-c3ccncc3)n2)cc1. The molecular weight excluding hydrogens is 433 g/mol. The summed E-state index contributed by atoms with van der Waals surface area (Å²) in [6.45, 7) is 5.00. The third kappa shape index (κ3) is 4.33. The van der Waals surface area contributed by atoms with E-state index in [0.717, 1.165) is 23.2 Å². The van der Waals surface area contributed by atoms with Crippen molar-refractivity contribution in [3.05, 3.63) is 84.4 Å². The highest BCUT2D eigenvalue weighted by atomic mass is 19.1. The quantitative estimate of drug-likeness (QED) is 0.381. The van der Waals surface area contributed by atoms with Crippen molar-refractivity contribution in [1.82, 2.24) is 35.4 Å². The van der Waals surface area contributed by atoms with Gasteiger partial charge in [0.25, 0.3) is 5.89 Å². The topological polar surface area (TPSA) is 94.6 Å². The van der Waals surface area contributed by atoms with E-state index >= 15 is 0 Å². The Balaban J connectivity index is 1.52. The number of aromatic nitrogens is 6. The molecule has 0 aliphatic rings. The molecule has 2 aromatic carbocycles. The fourth-order valence-corrected chi connectivity index (χ4v) is 3.52. The standard InChI is InChI=1S/C25H22FN7O/c1-16(2)28-15-17-7-9-19(10-8-17)24-29-25(34-31-24)22-23(18-11-13-27-14-12-18)33(32-30-22)21-6-4-3-5-20(21)26/h3-14,16,28H,15H2,1-2H3. The molecule has 0 amide bonds. The van der Waals surface area contributed by atoms with E-state index in [1.165, 1.54) is 10.7 Å². The normalized spacial score (nSPS) is 11.3. The maximum absolute atomic E-state index is 14.6. The summed E-state index contributed by atoms with van der Waals surface area (Å²) in [4.78, 5) is 8.62. The molecule has 0 fully saturated rings. The largest absolute Gasteiger partial charge is 0.332 e. The van der Waals surface area contributed by atoms with E-state index in [9.17, 15) is 4.39 Å².